The average Bonchev–Trinajstić information content (AvgIpc) is 3.35. The Kier molecular flexibility index (Phi) is 5.18. The molecule has 3 heterocycles. The number of aromatic nitrogens is 2. The van der Waals surface area contributed by atoms with Gasteiger partial charge in [0, 0.05) is 23.9 Å². The summed E-state index contributed by atoms with van der Waals surface area (Å²) in [6.45, 7) is -0.00532. The maximum Gasteiger partial charge on any atom is 0.281 e. The topological polar surface area (TPSA) is 101 Å². The molecule has 1 aromatic carbocycles. The predicted molar refractivity (Wildman–Crippen MR) is 120 cm³/mol. The summed E-state index contributed by atoms with van der Waals surface area (Å²) in [6, 6.07) is 9.50. The maximum atomic E-state index is 13.0. The average molecular weight is 449 g/mol. The van der Waals surface area contributed by atoms with Crippen LogP contribution in [0.15, 0.2) is 59.0 Å². The van der Waals surface area contributed by atoms with Gasteiger partial charge in [0.1, 0.15) is 11.2 Å². The van der Waals surface area contributed by atoms with Gasteiger partial charge in [0.2, 0.25) is 17.7 Å². The van der Waals surface area contributed by atoms with Crippen LogP contribution in [0, 0.1) is 11.8 Å². The Morgan fingerprint density at radius 3 is 2.44 bits per heavy atom. The molecule has 2 aromatic heterocycles. The third-order valence-corrected chi connectivity index (χ3v) is 6.87. The zero-order valence-corrected chi connectivity index (χ0v) is 17.9. The number of hydrogen-bond donors (Lipinski definition) is 1. The molecule has 0 saturated carbocycles. The van der Waals surface area contributed by atoms with Gasteiger partial charge in [0.25, 0.3) is 5.56 Å². The van der Waals surface area contributed by atoms with E-state index >= 15 is 0 Å². The molecule has 1 saturated heterocycles. The third-order valence-electron chi connectivity index (χ3n) is 5.99. The van der Waals surface area contributed by atoms with Crippen LogP contribution >= 0.6 is 11.3 Å². The molecule has 5 rings (SSSR count). The zero-order valence-electron chi connectivity index (χ0n) is 17.1. The van der Waals surface area contributed by atoms with E-state index < -0.39 is 5.91 Å². The lowest BCUT2D eigenvalue weighted by Crippen LogP contribution is -2.37. The quantitative estimate of drug-likeness (QED) is 0.477. The summed E-state index contributed by atoms with van der Waals surface area (Å²) >= 11 is 1.36. The molecule has 1 fully saturated rings. The molecule has 2 atom stereocenters. The minimum absolute atomic E-state index is 0.00532. The number of carbonyl (C=O) groups excluding carboxylic acids is 3. The molecule has 1 N–H and O–H groups in total. The highest BCUT2D eigenvalue weighted by molar-refractivity contribution is 7.17. The highest BCUT2D eigenvalue weighted by Gasteiger charge is 2.46. The summed E-state index contributed by atoms with van der Waals surface area (Å²) < 4.78 is 1.06. The standard InChI is InChI=1S/C23H20N4O4S/c28-18(10-11-26-21(29)15-8-4-5-9-16(15)22(26)30)25-27-13-24-20-19(23(27)31)17(12-32-20)14-6-2-1-3-7-14/h1-7,12-13,15-16H,8-11H2,(H,25,28)/t15-,16-/m0/s1. The van der Waals surface area contributed by atoms with Gasteiger partial charge >= 0.3 is 0 Å². The minimum Gasteiger partial charge on any atom is -0.282 e. The minimum atomic E-state index is -0.474. The van der Waals surface area contributed by atoms with Crippen molar-refractivity contribution in [1.82, 2.24) is 14.6 Å². The second-order valence-corrected chi connectivity index (χ2v) is 8.74. The van der Waals surface area contributed by atoms with E-state index in [4.69, 9.17) is 0 Å². The van der Waals surface area contributed by atoms with E-state index in [0.29, 0.717) is 23.1 Å². The van der Waals surface area contributed by atoms with Crippen molar-refractivity contribution in [2.45, 2.75) is 19.3 Å². The molecule has 8 nitrogen and oxygen atoms in total. The molecule has 3 aromatic rings. The van der Waals surface area contributed by atoms with Crippen molar-refractivity contribution in [3.05, 3.63) is 64.5 Å². The number of rotatable bonds is 5. The molecule has 0 bridgehead atoms. The van der Waals surface area contributed by atoms with E-state index in [2.05, 4.69) is 10.4 Å². The first-order valence-electron chi connectivity index (χ1n) is 10.4. The summed E-state index contributed by atoms with van der Waals surface area (Å²) in [7, 11) is 0. The number of likely N-dealkylation sites (tertiary alicyclic amines) is 1. The van der Waals surface area contributed by atoms with Crippen LogP contribution in [0.3, 0.4) is 0 Å². The molecular formula is C23H20N4O4S. The summed E-state index contributed by atoms with van der Waals surface area (Å²) in [5.41, 5.74) is 3.80. The van der Waals surface area contributed by atoms with Gasteiger partial charge in [-0.15, -0.1) is 11.3 Å². The van der Waals surface area contributed by atoms with Crippen LogP contribution in [0.2, 0.25) is 0 Å². The highest BCUT2D eigenvalue weighted by atomic mass is 32.1. The Morgan fingerprint density at radius 2 is 1.75 bits per heavy atom. The lowest BCUT2D eigenvalue weighted by molar-refractivity contribution is -0.140. The number of thiophene rings is 1. The van der Waals surface area contributed by atoms with Gasteiger partial charge < -0.3 is 0 Å². The second-order valence-electron chi connectivity index (χ2n) is 7.88. The summed E-state index contributed by atoms with van der Waals surface area (Å²) in [5.74, 6) is -1.55. The van der Waals surface area contributed by atoms with E-state index in [0.717, 1.165) is 15.8 Å². The van der Waals surface area contributed by atoms with Crippen LogP contribution in [-0.2, 0) is 14.4 Å². The van der Waals surface area contributed by atoms with Crippen molar-refractivity contribution in [3.63, 3.8) is 0 Å². The normalized spacial score (nSPS) is 20.1. The Hall–Kier alpha value is -3.59. The Labute approximate surface area is 187 Å². The van der Waals surface area contributed by atoms with Gasteiger partial charge in [-0.1, -0.05) is 42.5 Å². The molecule has 0 unspecified atom stereocenters. The number of fused-ring (bicyclic) bond motifs is 2. The number of benzene rings is 1. The van der Waals surface area contributed by atoms with Gasteiger partial charge in [0.15, 0.2) is 0 Å². The van der Waals surface area contributed by atoms with Gasteiger partial charge in [0.05, 0.1) is 17.2 Å². The van der Waals surface area contributed by atoms with E-state index in [-0.39, 0.29) is 42.2 Å². The van der Waals surface area contributed by atoms with Crippen LogP contribution in [0.1, 0.15) is 19.3 Å². The molecular weight excluding hydrogens is 428 g/mol. The molecule has 1 aliphatic heterocycles. The van der Waals surface area contributed by atoms with Gasteiger partial charge in [-0.25, -0.2) is 9.66 Å². The van der Waals surface area contributed by atoms with E-state index in [1.807, 2.05) is 47.9 Å². The molecule has 9 heteroatoms. The number of hydrogen-bond acceptors (Lipinski definition) is 6. The lowest BCUT2D eigenvalue weighted by Gasteiger charge is -2.14. The molecule has 0 radical (unpaired) electrons. The van der Waals surface area contributed by atoms with Crippen molar-refractivity contribution in [3.8, 4) is 11.1 Å². The van der Waals surface area contributed by atoms with E-state index in [1.54, 1.807) is 0 Å². The first-order valence-corrected chi connectivity index (χ1v) is 11.3. The maximum absolute atomic E-state index is 13.0. The van der Waals surface area contributed by atoms with E-state index in [9.17, 15) is 19.2 Å². The molecule has 0 spiro atoms. The smallest absolute Gasteiger partial charge is 0.281 e. The molecule has 32 heavy (non-hydrogen) atoms. The number of allylic oxidation sites excluding steroid dienone is 2. The number of nitrogens with one attached hydrogen (secondary N) is 1. The zero-order chi connectivity index (χ0) is 22.2. The van der Waals surface area contributed by atoms with Gasteiger partial charge in [-0.05, 0) is 18.4 Å². The van der Waals surface area contributed by atoms with Crippen LogP contribution in [0.4, 0.5) is 0 Å². The Morgan fingerprint density at radius 1 is 1.06 bits per heavy atom. The van der Waals surface area contributed by atoms with Crippen LogP contribution in [0.5, 0.6) is 0 Å². The van der Waals surface area contributed by atoms with Gasteiger partial charge in [-0.3, -0.25) is 29.5 Å². The number of imide groups is 1. The van der Waals surface area contributed by atoms with Gasteiger partial charge in [-0.2, -0.15) is 0 Å². The molecule has 1 aliphatic carbocycles. The monoisotopic (exact) mass is 448 g/mol. The number of amides is 3. The molecule has 3 amide bonds. The predicted octanol–water partition coefficient (Wildman–Crippen LogP) is 2.54. The lowest BCUT2D eigenvalue weighted by atomic mass is 9.85. The largest absolute Gasteiger partial charge is 0.282 e. The Balaban J connectivity index is 1.31. The van der Waals surface area contributed by atoms with Crippen molar-refractivity contribution in [2.75, 3.05) is 12.0 Å². The summed E-state index contributed by atoms with van der Waals surface area (Å²) in [4.78, 5) is 56.7. The van der Waals surface area contributed by atoms with Crippen LogP contribution in [-0.4, -0.2) is 38.8 Å². The second kappa shape index (κ2) is 8.16. The van der Waals surface area contributed by atoms with Crippen molar-refractivity contribution < 1.29 is 14.4 Å². The first kappa shape index (κ1) is 20.3. The van der Waals surface area contributed by atoms with Crippen molar-refractivity contribution in [1.29, 1.82) is 0 Å². The SMILES string of the molecule is O=C(CCN1C(=O)[C@H]2CC=CC[C@@H]2C1=O)Nn1cnc2scc(-c3ccccc3)c2c1=O. The van der Waals surface area contributed by atoms with Crippen LogP contribution in [0.25, 0.3) is 21.3 Å². The van der Waals surface area contributed by atoms with Crippen LogP contribution < -0.4 is 11.0 Å². The van der Waals surface area contributed by atoms with Crippen molar-refractivity contribution in [2.24, 2.45) is 11.8 Å². The summed E-state index contributed by atoms with van der Waals surface area (Å²) in [5, 5.41) is 2.31. The Bertz CT molecular complexity index is 1280. The first-order chi connectivity index (χ1) is 15.5. The van der Waals surface area contributed by atoms with Crippen molar-refractivity contribution >= 4 is 39.3 Å². The molecule has 162 valence electrons. The number of carbonyl (C=O) groups is 3. The number of nitrogens with zero attached hydrogens (tertiary/aromatic N) is 3. The fourth-order valence-corrected chi connectivity index (χ4v) is 5.24. The summed E-state index contributed by atoms with van der Waals surface area (Å²) in [6.07, 6.45) is 6.15. The fourth-order valence-electron chi connectivity index (χ4n) is 4.34. The highest BCUT2D eigenvalue weighted by Crippen LogP contribution is 2.35. The molecule has 2 aliphatic rings. The fraction of sp³-hybridized carbons (Fsp3) is 0.261. The van der Waals surface area contributed by atoms with E-state index in [1.165, 1.54) is 22.6 Å². The third kappa shape index (κ3) is 3.44.